The number of aliphatic carboxylic acids is 1. The lowest BCUT2D eigenvalue weighted by atomic mass is 10.1. The van der Waals surface area contributed by atoms with Crippen molar-refractivity contribution in [2.45, 2.75) is 52.5 Å². The van der Waals surface area contributed by atoms with Crippen molar-refractivity contribution in [1.29, 1.82) is 0 Å². The average molecular weight is 358 g/mol. The van der Waals surface area contributed by atoms with Crippen molar-refractivity contribution < 1.29 is 19.2 Å². The van der Waals surface area contributed by atoms with E-state index in [2.05, 4.69) is 15.1 Å². The first-order valence-corrected chi connectivity index (χ1v) is 8.67. The molecular weight excluding hydrogens is 336 g/mol. The van der Waals surface area contributed by atoms with Gasteiger partial charge in [-0.15, -0.1) is 0 Å². The molecule has 0 saturated carbocycles. The Balaban J connectivity index is 1.91. The fourth-order valence-electron chi connectivity index (χ4n) is 3.47. The Labute approximate surface area is 151 Å². The van der Waals surface area contributed by atoms with E-state index in [9.17, 15) is 9.59 Å². The lowest BCUT2D eigenvalue weighted by Crippen LogP contribution is -2.31. The van der Waals surface area contributed by atoms with E-state index in [4.69, 9.17) is 9.63 Å². The third-order valence-electron chi connectivity index (χ3n) is 4.61. The quantitative estimate of drug-likeness (QED) is 0.874. The highest BCUT2D eigenvalue weighted by atomic mass is 16.5. The molecular formula is C18H22N4O4. The second-order valence-corrected chi connectivity index (χ2v) is 6.56. The van der Waals surface area contributed by atoms with Gasteiger partial charge in [-0.2, -0.15) is 0 Å². The molecule has 1 amide bonds. The summed E-state index contributed by atoms with van der Waals surface area (Å²) in [5.74, 6) is 0.187. The number of aromatic nitrogens is 3. The van der Waals surface area contributed by atoms with Crippen molar-refractivity contribution in [1.82, 2.24) is 20.0 Å². The molecule has 8 heteroatoms. The summed E-state index contributed by atoms with van der Waals surface area (Å²) < 4.78 is 5.24. The fraction of sp³-hybridized carbons (Fsp3) is 0.500. The maximum atomic E-state index is 12.4. The maximum Gasteiger partial charge on any atom is 0.303 e. The van der Waals surface area contributed by atoms with Crippen molar-refractivity contribution in [2.75, 3.05) is 6.54 Å². The summed E-state index contributed by atoms with van der Waals surface area (Å²) in [6, 6.07) is 1.73. The van der Waals surface area contributed by atoms with Crippen LogP contribution in [0.25, 0.3) is 11.3 Å². The molecule has 0 aliphatic carbocycles. The second-order valence-electron chi connectivity index (χ2n) is 6.56. The Morgan fingerprint density at radius 2 is 2.04 bits per heavy atom. The number of likely N-dealkylation sites (tertiary alicyclic amines) is 1. The van der Waals surface area contributed by atoms with E-state index >= 15 is 0 Å². The van der Waals surface area contributed by atoms with Crippen molar-refractivity contribution in [3.8, 4) is 11.3 Å². The normalized spacial score (nSPS) is 16.9. The van der Waals surface area contributed by atoms with Gasteiger partial charge in [0.1, 0.15) is 11.6 Å². The van der Waals surface area contributed by atoms with Crippen molar-refractivity contribution >= 4 is 11.9 Å². The van der Waals surface area contributed by atoms with Gasteiger partial charge in [-0.25, -0.2) is 9.97 Å². The molecule has 0 spiro atoms. The van der Waals surface area contributed by atoms with E-state index < -0.39 is 5.97 Å². The summed E-state index contributed by atoms with van der Waals surface area (Å²) in [7, 11) is 0. The summed E-state index contributed by atoms with van der Waals surface area (Å²) in [6.07, 6.45) is 1.52. The molecule has 2 aromatic heterocycles. The van der Waals surface area contributed by atoms with Crippen LogP contribution < -0.4 is 0 Å². The van der Waals surface area contributed by atoms with Gasteiger partial charge in [0.05, 0.1) is 35.1 Å². The van der Waals surface area contributed by atoms with E-state index in [1.165, 1.54) is 0 Å². The van der Waals surface area contributed by atoms with Crippen molar-refractivity contribution in [3.05, 3.63) is 29.0 Å². The largest absolute Gasteiger partial charge is 0.481 e. The van der Waals surface area contributed by atoms with Gasteiger partial charge in [-0.05, 0) is 39.7 Å². The lowest BCUT2D eigenvalue weighted by molar-refractivity contribution is -0.141. The molecule has 0 bridgehead atoms. The monoisotopic (exact) mass is 358 g/mol. The Hall–Kier alpha value is -2.77. The summed E-state index contributed by atoms with van der Waals surface area (Å²) in [5, 5.41) is 12.8. The van der Waals surface area contributed by atoms with Crippen molar-refractivity contribution in [2.24, 2.45) is 0 Å². The number of nitrogens with zero attached hydrogens (tertiary/aromatic N) is 4. The van der Waals surface area contributed by atoms with Gasteiger partial charge in [0.25, 0.3) is 0 Å². The topological polar surface area (TPSA) is 109 Å². The predicted molar refractivity (Wildman–Crippen MR) is 92.3 cm³/mol. The number of carboxylic acids is 1. The Bertz CT molecular complexity index is 826. The number of hydrogen-bond acceptors (Lipinski definition) is 6. The van der Waals surface area contributed by atoms with Crippen LogP contribution in [0.2, 0.25) is 0 Å². The molecule has 2 aromatic rings. The minimum atomic E-state index is -0.965. The van der Waals surface area contributed by atoms with Crippen LogP contribution in [-0.2, 0) is 9.59 Å². The molecule has 3 heterocycles. The standard InChI is InChI=1S/C18H22N4O4/c1-10-18(11(2)26-21-10)14-9-13(19-12(3)20-14)15-5-4-8-22(15)16(23)6-7-17(24)25/h9,15H,4-8H2,1-3H3,(H,24,25)/t15-/m1/s1. The number of aryl methyl sites for hydroxylation is 3. The molecule has 26 heavy (non-hydrogen) atoms. The molecule has 1 atom stereocenters. The summed E-state index contributed by atoms with van der Waals surface area (Å²) in [6.45, 7) is 6.13. The summed E-state index contributed by atoms with van der Waals surface area (Å²) >= 11 is 0. The zero-order valence-corrected chi connectivity index (χ0v) is 15.2. The summed E-state index contributed by atoms with van der Waals surface area (Å²) in [4.78, 5) is 34.0. The van der Waals surface area contributed by atoms with Gasteiger partial charge in [-0.1, -0.05) is 5.16 Å². The van der Waals surface area contributed by atoms with Crippen molar-refractivity contribution in [3.63, 3.8) is 0 Å². The van der Waals surface area contributed by atoms with Crippen LogP contribution in [0.3, 0.4) is 0 Å². The van der Waals surface area contributed by atoms with Crippen LogP contribution in [0.1, 0.15) is 54.7 Å². The van der Waals surface area contributed by atoms with Crippen LogP contribution >= 0.6 is 0 Å². The van der Waals surface area contributed by atoms with Gasteiger partial charge in [0.2, 0.25) is 5.91 Å². The van der Waals surface area contributed by atoms with E-state index in [-0.39, 0.29) is 24.8 Å². The number of amides is 1. The molecule has 0 radical (unpaired) electrons. The van der Waals surface area contributed by atoms with Gasteiger partial charge >= 0.3 is 5.97 Å². The molecule has 1 saturated heterocycles. The van der Waals surface area contributed by atoms with Crippen LogP contribution in [0, 0.1) is 20.8 Å². The molecule has 3 rings (SSSR count). The fourth-order valence-corrected chi connectivity index (χ4v) is 3.47. The highest BCUT2D eigenvalue weighted by Crippen LogP contribution is 2.34. The second kappa shape index (κ2) is 7.23. The van der Waals surface area contributed by atoms with Gasteiger partial charge < -0.3 is 14.5 Å². The third-order valence-corrected chi connectivity index (χ3v) is 4.61. The van der Waals surface area contributed by atoms with E-state index in [1.54, 1.807) is 4.90 Å². The van der Waals surface area contributed by atoms with Crippen LogP contribution in [0.4, 0.5) is 0 Å². The molecule has 0 unspecified atom stereocenters. The first kappa shape index (κ1) is 18.0. The maximum absolute atomic E-state index is 12.4. The lowest BCUT2D eigenvalue weighted by Gasteiger charge is -2.24. The number of rotatable bonds is 5. The van der Waals surface area contributed by atoms with Crippen LogP contribution in [0.5, 0.6) is 0 Å². The third kappa shape index (κ3) is 3.58. The van der Waals surface area contributed by atoms with Crippen LogP contribution in [0.15, 0.2) is 10.6 Å². The number of carbonyl (C=O) groups excluding carboxylic acids is 1. The minimum absolute atomic E-state index is 0.00657. The SMILES string of the molecule is Cc1nc(-c2c(C)noc2C)cc([C@H]2CCCN2C(=O)CCC(=O)O)n1. The van der Waals surface area contributed by atoms with Gasteiger partial charge in [0, 0.05) is 13.0 Å². The smallest absolute Gasteiger partial charge is 0.303 e. The molecule has 1 aliphatic heterocycles. The van der Waals surface area contributed by atoms with Gasteiger partial charge in [-0.3, -0.25) is 9.59 Å². The zero-order valence-electron chi connectivity index (χ0n) is 15.2. The van der Waals surface area contributed by atoms with E-state index in [0.717, 1.165) is 35.5 Å². The highest BCUT2D eigenvalue weighted by Gasteiger charge is 2.31. The first-order chi connectivity index (χ1) is 12.4. The predicted octanol–water partition coefficient (Wildman–Crippen LogP) is 2.59. The molecule has 1 aliphatic rings. The summed E-state index contributed by atoms with van der Waals surface area (Å²) in [5.41, 5.74) is 3.10. The number of carboxylic acid groups (broad SMARTS) is 1. The Morgan fingerprint density at radius 3 is 2.69 bits per heavy atom. The molecule has 1 N–H and O–H groups in total. The Morgan fingerprint density at radius 1 is 1.27 bits per heavy atom. The van der Waals surface area contributed by atoms with E-state index in [0.29, 0.717) is 18.1 Å². The number of carbonyl (C=O) groups is 2. The van der Waals surface area contributed by atoms with Crippen LogP contribution in [-0.4, -0.2) is 43.6 Å². The highest BCUT2D eigenvalue weighted by molar-refractivity contribution is 5.81. The molecule has 0 aromatic carbocycles. The van der Waals surface area contributed by atoms with E-state index in [1.807, 2.05) is 26.8 Å². The zero-order chi connectivity index (χ0) is 18.8. The molecule has 8 nitrogen and oxygen atoms in total. The number of hydrogen-bond donors (Lipinski definition) is 1. The first-order valence-electron chi connectivity index (χ1n) is 8.67. The average Bonchev–Trinajstić information content (AvgIpc) is 3.19. The molecule has 138 valence electrons. The molecule has 1 fully saturated rings. The van der Waals surface area contributed by atoms with Gasteiger partial charge in [0.15, 0.2) is 0 Å². The Kier molecular flexibility index (Phi) is 5.01. The minimum Gasteiger partial charge on any atom is -0.481 e.